The van der Waals surface area contributed by atoms with Crippen LogP contribution in [0.3, 0.4) is 0 Å². The predicted octanol–water partition coefficient (Wildman–Crippen LogP) is 4.85. The second-order valence-corrected chi connectivity index (χ2v) is 8.05. The number of anilines is 1. The molecule has 0 radical (unpaired) electrons. The molecule has 3 rings (SSSR count). The van der Waals surface area contributed by atoms with E-state index >= 15 is 0 Å². The monoisotopic (exact) mass is 331 g/mol. The molecule has 1 amide bonds. The lowest BCUT2D eigenvalue weighted by Gasteiger charge is -2.26. The Kier molecular flexibility index (Phi) is 5.66. The van der Waals surface area contributed by atoms with Crippen LogP contribution in [0.1, 0.15) is 75.0 Å². The average Bonchev–Trinajstić information content (AvgIpc) is 3.05. The van der Waals surface area contributed by atoms with E-state index in [9.17, 15) is 4.79 Å². The molecule has 0 bridgehead atoms. The molecule has 1 heterocycles. The summed E-state index contributed by atoms with van der Waals surface area (Å²) in [5.74, 6) is 1.17. The van der Waals surface area contributed by atoms with Gasteiger partial charge >= 0.3 is 0 Å². The van der Waals surface area contributed by atoms with Gasteiger partial charge in [0.25, 0.3) is 0 Å². The Hall–Kier alpha value is -1.41. The van der Waals surface area contributed by atoms with Crippen LogP contribution in [0.15, 0.2) is 6.20 Å². The summed E-state index contributed by atoms with van der Waals surface area (Å²) in [4.78, 5) is 18.2. The van der Waals surface area contributed by atoms with Crippen molar-refractivity contribution in [2.75, 3.05) is 5.32 Å². The van der Waals surface area contributed by atoms with Gasteiger partial charge in [0.15, 0.2) is 5.13 Å². The highest BCUT2D eigenvalue weighted by atomic mass is 32.1. The topological polar surface area (TPSA) is 65.8 Å². The molecule has 1 N–H and O–H groups in total. The van der Waals surface area contributed by atoms with Crippen LogP contribution in [0.4, 0.5) is 5.13 Å². The van der Waals surface area contributed by atoms with Crippen LogP contribution < -0.4 is 5.32 Å². The van der Waals surface area contributed by atoms with Gasteiger partial charge in [-0.25, -0.2) is 4.98 Å². The van der Waals surface area contributed by atoms with Crippen molar-refractivity contribution < 1.29 is 4.79 Å². The summed E-state index contributed by atoms with van der Waals surface area (Å²) in [5.41, 5.74) is 0. The van der Waals surface area contributed by atoms with Gasteiger partial charge in [-0.3, -0.25) is 4.79 Å². The smallest absolute Gasteiger partial charge is 0.229 e. The highest BCUT2D eigenvalue weighted by Crippen LogP contribution is 2.37. The zero-order chi connectivity index (χ0) is 16.1. The molecule has 0 aromatic carbocycles. The fourth-order valence-electron chi connectivity index (χ4n) is 3.97. The number of rotatable bonds is 4. The van der Waals surface area contributed by atoms with Crippen molar-refractivity contribution in [3.05, 3.63) is 11.1 Å². The van der Waals surface area contributed by atoms with Crippen LogP contribution in [-0.2, 0) is 4.79 Å². The first-order valence-electron chi connectivity index (χ1n) is 8.90. The van der Waals surface area contributed by atoms with Crippen LogP contribution in [0, 0.1) is 23.2 Å². The van der Waals surface area contributed by atoms with Crippen molar-refractivity contribution in [3.63, 3.8) is 0 Å². The number of nitriles is 1. The maximum absolute atomic E-state index is 12.5. The Labute approximate surface area is 142 Å². The number of aromatic nitrogens is 1. The van der Waals surface area contributed by atoms with E-state index in [1.165, 1.54) is 37.0 Å². The number of nitrogens with zero attached hydrogens (tertiary/aromatic N) is 2. The number of carbonyl (C=O) groups is 1. The summed E-state index contributed by atoms with van der Waals surface area (Å²) in [7, 11) is 0. The van der Waals surface area contributed by atoms with Crippen LogP contribution in [0.25, 0.3) is 0 Å². The van der Waals surface area contributed by atoms with Gasteiger partial charge < -0.3 is 5.32 Å². The summed E-state index contributed by atoms with van der Waals surface area (Å²) < 4.78 is 0. The Bertz CT molecular complexity index is 571. The Morgan fingerprint density at radius 3 is 2.87 bits per heavy atom. The molecule has 0 saturated heterocycles. The summed E-state index contributed by atoms with van der Waals surface area (Å²) in [6, 6.07) is 2.24. The standard InChI is InChI=1S/C18H25N3OS/c19-10-9-13-5-4-8-15(11-13)17(22)21-18-20-12-16(23-18)14-6-2-1-3-7-14/h12-15H,1-9,11H2,(H,20,21,22)/t13-,15-/m0/s1. The maximum atomic E-state index is 12.5. The first kappa shape index (κ1) is 16.4. The second-order valence-electron chi connectivity index (χ2n) is 6.98. The predicted molar refractivity (Wildman–Crippen MR) is 92.2 cm³/mol. The van der Waals surface area contributed by atoms with Crippen LogP contribution >= 0.6 is 11.3 Å². The number of hydrogen-bond donors (Lipinski definition) is 1. The van der Waals surface area contributed by atoms with E-state index in [-0.39, 0.29) is 11.8 Å². The fraction of sp³-hybridized carbons (Fsp3) is 0.722. The van der Waals surface area contributed by atoms with Crippen molar-refractivity contribution in [1.29, 1.82) is 5.26 Å². The molecule has 1 aromatic heterocycles. The summed E-state index contributed by atoms with van der Waals surface area (Å²) in [5, 5.41) is 12.6. The van der Waals surface area contributed by atoms with E-state index in [2.05, 4.69) is 16.4 Å². The molecule has 4 nitrogen and oxygen atoms in total. The fourth-order valence-corrected chi connectivity index (χ4v) is 4.96. The molecule has 0 spiro atoms. The molecule has 2 saturated carbocycles. The molecule has 23 heavy (non-hydrogen) atoms. The third-order valence-corrected chi connectivity index (χ3v) is 6.37. The third-order valence-electron chi connectivity index (χ3n) is 5.29. The normalized spacial score (nSPS) is 25.7. The van der Waals surface area contributed by atoms with E-state index in [0.717, 1.165) is 30.8 Å². The molecule has 0 unspecified atom stereocenters. The molecule has 0 aliphatic heterocycles. The van der Waals surface area contributed by atoms with E-state index in [1.807, 2.05) is 6.20 Å². The molecular weight excluding hydrogens is 306 g/mol. The molecule has 124 valence electrons. The van der Waals surface area contributed by atoms with Crippen LogP contribution in [0.5, 0.6) is 0 Å². The largest absolute Gasteiger partial charge is 0.302 e. The Morgan fingerprint density at radius 2 is 2.09 bits per heavy atom. The minimum Gasteiger partial charge on any atom is -0.302 e. The van der Waals surface area contributed by atoms with Gasteiger partial charge in [0.05, 0.1) is 6.07 Å². The Morgan fingerprint density at radius 1 is 1.26 bits per heavy atom. The average molecular weight is 331 g/mol. The van der Waals surface area contributed by atoms with Gasteiger partial charge in [-0.1, -0.05) is 25.7 Å². The molecule has 2 aliphatic rings. The highest BCUT2D eigenvalue weighted by molar-refractivity contribution is 7.15. The molecule has 2 aliphatic carbocycles. The van der Waals surface area contributed by atoms with Crippen molar-refractivity contribution in [1.82, 2.24) is 4.98 Å². The molecule has 2 fully saturated rings. The quantitative estimate of drug-likeness (QED) is 0.857. The molecule has 1 aromatic rings. The van der Waals surface area contributed by atoms with Gasteiger partial charge in [-0.05, 0) is 43.9 Å². The first-order valence-corrected chi connectivity index (χ1v) is 9.71. The SMILES string of the molecule is N#CC[C@@H]1CCC[C@H](C(=O)Nc2ncc(C3CCCCC3)s2)C1. The molecular formula is C18H25N3OS. The minimum atomic E-state index is 0.0455. The summed E-state index contributed by atoms with van der Waals surface area (Å²) in [6.45, 7) is 0. The summed E-state index contributed by atoms with van der Waals surface area (Å²) in [6.07, 6.45) is 12.9. The zero-order valence-electron chi connectivity index (χ0n) is 13.6. The van der Waals surface area contributed by atoms with E-state index < -0.39 is 0 Å². The molecule has 5 heteroatoms. The number of thiazole rings is 1. The number of hydrogen-bond acceptors (Lipinski definition) is 4. The van der Waals surface area contributed by atoms with Gasteiger partial charge in [-0.2, -0.15) is 5.26 Å². The van der Waals surface area contributed by atoms with Crippen molar-refractivity contribution in [2.45, 2.75) is 70.1 Å². The lowest BCUT2D eigenvalue weighted by Crippen LogP contribution is -2.28. The maximum Gasteiger partial charge on any atom is 0.229 e. The number of carbonyl (C=O) groups excluding carboxylic acids is 1. The van der Waals surface area contributed by atoms with Gasteiger partial charge in [-0.15, -0.1) is 11.3 Å². The van der Waals surface area contributed by atoms with Gasteiger partial charge in [0.2, 0.25) is 5.91 Å². The zero-order valence-corrected chi connectivity index (χ0v) is 14.4. The van der Waals surface area contributed by atoms with Crippen LogP contribution in [-0.4, -0.2) is 10.9 Å². The lowest BCUT2D eigenvalue weighted by atomic mass is 9.80. The molecule has 2 atom stereocenters. The Balaban J connectivity index is 1.55. The van der Waals surface area contributed by atoms with E-state index in [1.54, 1.807) is 11.3 Å². The van der Waals surface area contributed by atoms with E-state index in [4.69, 9.17) is 5.26 Å². The van der Waals surface area contributed by atoms with Gasteiger partial charge in [0, 0.05) is 23.4 Å². The second kappa shape index (κ2) is 7.92. The van der Waals surface area contributed by atoms with Crippen molar-refractivity contribution in [3.8, 4) is 6.07 Å². The third kappa shape index (κ3) is 4.32. The number of amides is 1. The number of nitrogens with one attached hydrogen (secondary N) is 1. The van der Waals surface area contributed by atoms with Crippen molar-refractivity contribution >= 4 is 22.4 Å². The first-order chi connectivity index (χ1) is 11.3. The minimum absolute atomic E-state index is 0.0455. The van der Waals surface area contributed by atoms with Crippen LogP contribution in [0.2, 0.25) is 0 Å². The summed E-state index contributed by atoms with van der Waals surface area (Å²) >= 11 is 1.65. The lowest BCUT2D eigenvalue weighted by molar-refractivity contribution is -0.121. The highest BCUT2D eigenvalue weighted by Gasteiger charge is 2.28. The van der Waals surface area contributed by atoms with E-state index in [0.29, 0.717) is 18.3 Å². The van der Waals surface area contributed by atoms with Crippen molar-refractivity contribution in [2.24, 2.45) is 11.8 Å². The van der Waals surface area contributed by atoms with Gasteiger partial charge in [0.1, 0.15) is 0 Å².